The number of rotatable bonds is 5. The largest absolute Gasteiger partial charge is 0.396 e. The molecule has 0 fully saturated rings. The number of aliphatic hydroxyl groups is 1. The smallest absolute Gasteiger partial charge is 0.292 e. The van der Waals surface area contributed by atoms with Gasteiger partial charge in [0.15, 0.2) is 0 Å². The highest BCUT2D eigenvalue weighted by Crippen LogP contribution is 2.24. The molecular weight excluding hydrogens is 215 g/mol. The van der Waals surface area contributed by atoms with Gasteiger partial charge in [0, 0.05) is 25.3 Å². The third kappa shape index (κ3) is 3.16. The Bertz CT molecular complexity index is 384. The molecule has 0 saturated carbocycles. The van der Waals surface area contributed by atoms with E-state index in [-0.39, 0.29) is 23.9 Å². The Morgan fingerprint density at radius 2 is 2.31 bits per heavy atom. The van der Waals surface area contributed by atoms with E-state index in [1.807, 2.05) is 0 Å². The van der Waals surface area contributed by atoms with Crippen molar-refractivity contribution in [3.63, 3.8) is 0 Å². The second-order valence-electron chi connectivity index (χ2n) is 3.59. The normalized spacial score (nSPS) is 12.2. The lowest BCUT2D eigenvalue weighted by atomic mass is 10.2. The topological polar surface area (TPSA) is 75.4 Å². The van der Waals surface area contributed by atoms with Crippen LogP contribution in [0.4, 0.5) is 15.8 Å². The van der Waals surface area contributed by atoms with Crippen molar-refractivity contribution >= 4 is 11.4 Å². The van der Waals surface area contributed by atoms with Gasteiger partial charge < -0.3 is 10.4 Å². The summed E-state index contributed by atoms with van der Waals surface area (Å²) < 4.78 is 12.9. The first-order valence-electron chi connectivity index (χ1n) is 4.83. The lowest BCUT2D eigenvalue weighted by Gasteiger charge is -2.10. The van der Waals surface area contributed by atoms with Gasteiger partial charge in [-0.1, -0.05) is 6.92 Å². The zero-order chi connectivity index (χ0) is 12.1. The Morgan fingerprint density at radius 3 is 2.88 bits per heavy atom. The Kier molecular flexibility index (Phi) is 4.19. The van der Waals surface area contributed by atoms with Crippen molar-refractivity contribution in [2.24, 2.45) is 5.92 Å². The maximum absolute atomic E-state index is 12.9. The number of hydrogen-bond acceptors (Lipinski definition) is 4. The molecule has 0 saturated heterocycles. The summed E-state index contributed by atoms with van der Waals surface area (Å²) in [6.45, 7) is 2.09. The molecule has 88 valence electrons. The molecule has 0 amide bonds. The highest BCUT2D eigenvalue weighted by molar-refractivity contribution is 5.61. The van der Waals surface area contributed by atoms with Crippen LogP contribution in [0.1, 0.15) is 6.92 Å². The fraction of sp³-hybridized carbons (Fsp3) is 0.400. The SMILES string of the molecule is CC(CO)CNc1cc(F)ccc1[N+](=O)[O-]. The summed E-state index contributed by atoms with van der Waals surface area (Å²) >= 11 is 0. The molecule has 0 aliphatic carbocycles. The van der Waals surface area contributed by atoms with Gasteiger partial charge in [0.2, 0.25) is 0 Å². The zero-order valence-corrected chi connectivity index (χ0v) is 8.81. The van der Waals surface area contributed by atoms with Crippen molar-refractivity contribution in [3.05, 3.63) is 34.1 Å². The standard InChI is InChI=1S/C10H13FN2O3/c1-7(6-14)5-12-9-4-8(11)2-3-10(9)13(15)16/h2-4,7,12,14H,5-6H2,1H3. The average Bonchev–Trinajstić information content (AvgIpc) is 2.25. The molecule has 5 nitrogen and oxygen atoms in total. The van der Waals surface area contributed by atoms with Crippen LogP contribution in [0.2, 0.25) is 0 Å². The lowest BCUT2D eigenvalue weighted by Crippen LogP contribution is -2.15. The van der Waals surface area contributed by atoms with Crippen LogP contribution in [0.25, 0.3) is 0 Å². The number of aliphatic hydroxyl groups excluding tert-OH is 1. The van der Waals surface area contributed by atoms with Gasteiger partial charge in [0.05, 0.1) is 4.92 Å². The van der Waals surface area contributed by atoms with Crippen molar-refractivity contribution in [2.75, 3.05) is 18.5 Å². The molecular formula is C10H13FN2O3. The van der Waals surface area contributed by atoms with E-state index in [4.69, 9.17) is 5.11 Å². The van der Waals surface area contributed by atoms with Gasteiger partial charge in [-0.3, -0.25) is 10.1 Å². The fourth-order valence-electron chi connectivity index (χ4n) is 1.16. The Labute approximate surface area is 92.1 Å². The summed E-state index contributed by atoms with van der Waals surface area (Å²) in [5, 5.41) is 22.2. The van der Waals surface area contributed by atoms with Gasteiger partial charge in [-0.2, -0.15) is 0 Å². The maximum Gasteiger partial charge on any atom is 0.292 e. The third-order valence-corrected chi connectivity index (χ3v) is 2.11. The average molecular weight is 228 g/mol. The molecule has 0 heterocycles. The number of nitro benzene ring substituents is 1. The first-order valence-corrected chi connectivity index (χ1v) is 4.83. The predicted octanol–water partition coefficient (Wildman–Crippen LogP) is 1.77. The minimum Gasteiger partial charge on any atom is -0.396 e. The van der Waals surface area contributed by atoms with Crippen LogP contribution in [-0.2, 0) is 0 Å². The number of hydrogen-bond donors (Lipinski definition) is 2. The second kappa shape index (κ2) is 5.41. The molecule has 0 bridgehead atoms. The second-order valence-corrected chi connectivity index (χ2v) is 3.59. The molecule has 16 heavy (non-hydrogen) atoms. The number of nitrogens with zero attached hydrogens (tertiary/aromatic N) is 1. The van der Waals surface area contributed by atoms with Crippen molar-refractivity contribution in [1.29, 1.82) is 0 Å². The van der Waals surface area contributed by atoms with Gasteiger partial charge in [-0.25, -0.2) is 4.39 Å². The monoisotopic (exact) mass is 228 g/mol. The van der Waals surface area contributed by atoms with Gasteiger partial charge >= 0.3 is 0 Å². The van der Waals surface area contributed by atoms with Gasteiger partial charge in [0.25, 0.3) is 5.69 Å². The minimum atomic E-state index is -0.578. The molecule has 1 aromatic rings. The molecule has 0 radical (unpaired) electrons. The van der Waals surface area contributed by atoms with E-state index in [0.29, 0.717) is 6.54 Å². The van der Waals surface area contributed by atoms with E-state index < -0.39 is 10.7 Å². The van der Waals surface area contributed by atoms with Crippen molar-refractivity contribution in [1.82, 2.24) is 0 Å². The number of anilines is 1. The van der Waals surface area contributed by atoms with Crippen LogP contribution < -0.4 is 5.32 Å². The first kappa shape index (κ1) is 12.4. The molecule has 1 atom stereocenters. The van der Waals surface area contributed by atoms with Gasteiger partial charge in [-0.05, 0) is 12.0 Å². The van der Waals surface area contributed by atoms with Gasteiger partial charge in [0.1, 0.15) is 11.5 Å². The molecule has 1 rings (SSSR count). The van der Waals surface area contributed by atoms with Crippen LogP contribution in [0.15, 0.2) is 18.2 Å². The fourth-order valence-corrected chi connectivity index (χ4v) is 1.16. The number of benzene rings is 1. The number of halogens is 1. The summed E-state index contributed by atoms with van der Waals surface area (Å²) in [5.41, 5.74) is -0.0446. The molecule has 2 N–H and O–H groups in total. The van der Waals surface area contributed by atoms with Gasteiger partial charge in [-0.15, -0.1) is 0 Å². The number of nitrogens with one attached hydrogen (secondary N) is 1. The van der Waals surface area contributed by atoms with E-state index in [2.05, 4.69) is 5.32 Å². The van der Waals surface area contributed by atoms with Crippen molar-refractivity contribution in [2.45, 2.75) is 6.92 Å². The third-order valence-electron chi connectivity index (χ3n) is 2.11. The van der Waals surface area contributed by atoms with Crippen LogP contribution in [-0.4, -0.2) is 23.2 Å². The Balaban J connectivity index is 2.84. The molecule has 0 spiro atoms. The summed E-state index contributed by atoms with van der Waals surface area (Å²) in [7, 11) is 0. The molecule has 1 aromatic carbocycles. The number of nitro groups is 1. The summed E-state index contributed by atoms with van der Waals surface area (Å²) in [4.78, 5) is 10.1. The maximum atomic E-state index is 12.9. The summed E-state index contributed by atoms with van der Waals surface area (Å²) in [6.07, 6.45) is 0. The molecule has 0 aliphatic rings. The molecule has 1 unspecified atom stereocenters. The quantitative estimate of drug-likeness (QED) is 0.595. The van der Waals surface area contributed by atoms with Crippen molar-refractivity contribution < 1.29 is 14.4 Å². The zero-order valence-electron chi connectivity index (χ0n) is 8.81. The Morgan fingerprint density at radius 1 is 1.62 bits per heavy atom. The van der Waals surface area contributed by atoms with E-state index in [1.165, 1.54) is 0 Å². The van der Waals surface area contributed by atoms with Crippen LogP contribution >= 0.6 is 0 Å². The molecule has 0 aromatic heterocycles. The van der Waals surface area contributed by atoms with E-state index in [1.54, 1.807) is 6.92 Å². The predicted molar refractivity (Wildman–Crippen MR) is 57.8 cm³/mol. The van der Waals surface area contributed by atoms with Crippen molar-refractivity contribution in [3.8, 4) is 0 Å². The lowest BCUT2D eigenvalue weighted by molar-refractivity contribution is -0.384. The Hall–Kier alpha value is -1.69. The van der Waals surface area contributed by atoms with E-state index in [9.17, 15) is 14.5 Å². The highest BCUT2D eigenvalue weighted by atomic mass is 19.1. The minimum absolute atomic E-state index is 0.0316. The molecule has 0 aliphatic heterocycles. The summed E-state index contributed by atoms with van der Waals surface area (Å²) in [6, 6.07) is 3.22. The van der Waals surface area contributed by atoms with Crippen LogP contribution in [0.5, 0.6) is 0 Å². The first-order chi connectivity index (χ1) is 7.54. The van der Waals surface area contributed by atoms with Crippen LogP contribution in [0, 0.1) is 21.8 Å². The van der Waals surface area contributed by atoms with E-state index in [0.717, 1.165) is 18.2 Å². The van der Waals surface area contributed by atoms with Crippen LogP contribution in [0.3, 0.4) is 0 Å². The highest BCUT2D eigenvalue weighted by Gasteiger charge is 2.14. The van der Waals surface area contributed by atoms with E-state index >= 15 is 0 Å². The summed E-state index contributed by atoms with van der Waals surface area (Å²) in [5.74, 6) is -0.590. The molecule has 6 heteroatoms.